The van der Waals surface area contributed by atoms with E-state index >= 15 is 0 Å². The number of hydrogen-bond donors (Lipinski definition) is 1. The van der Waals surface area contributed by atoms with Gasteiger partial charge in [-0.3, -0.25) is 4.79 Å². The van der Waals surface area contributed by atoms with Gasteiger partial charge in [-0.15, -0.1) is 0 Å². The number of aliphatic carboxylic acids is 1. The molecule has 2 rings (SSSR count). The van der Waals surface area contributed by atoms with Crippen LogP contribution in [0.1, 0.15) is 73.6 Å². The molecule has 2 heterocycles. The molecular weight excluding hydrogens is 380 g/mol. The number of carboxylic acids is 1. The lowest BCUT2D eigenvalue weighted by molar-refractivity contribution is -0.143. The largest absolute Gasteiger partial charge is 0.481 e. The molecule has 0 saturated carbocycles. The topological polar surface area (TPSA) is 68.3 Å². The fraction of sp³-hybridized carbons (Fsp3) is 0.800. The first kappa shape index (κ1) is 25.1. The van der Waals surface area contributed by atoms with Gasteiger partial charge in [0.05, 0.1) is 36.4 Å². The second-order valence-corrected chi connectivity index (χ2v) is 9.70. The van der Waals surface area contributed by atoms with Gasteiger partial charge >= 0.3 is 5.97 Å². The molecule has 0 amide bonds. The van der Waals surface area contributed by atoms with Crippen LogP contribution in [0.15, 0.2) is 23.8 Å². The summed E-state index contributed by atoms with van der Waals surface area (Å²) in [6.07, 6.45) is 10.7. The molecule has 2 fully saturated rings. The molecule has 0 aromatic rings. The van der Waals surface area contributed by atoms with Crippen LogP contribution < -0.4 is 0 Å². The number of carboxylic acid groups (broad SMARTS) is 1. The highest BCUT2D eigenvalue weighted by molar-refractivity contribution is 5.67. The summed E-state index contributed by atoms with van der Waals surface area (Å²) in [7, 11) is 1.78. The first-order valence-corrected chi connectivity index (χ1v) is 11.5. The molecule has 0 aromatic carbocycles. The lowest BCUT2D eigenvalue weighted by Gasteiger charge is -2.35. The number of carbonyl (C=O) groups is 1. The van der Waals surface area contributed by atoms with Crippen LogP contribution in [-0.2, 0) is 19.0 Å². The van der Waals surface area contributed by atoms with Gasteiger partial charge in [0.2, 0.25) is 0 Å². The fourth-order valence-corrected chi connectivity index (χ4v) is 5.14. The molecule has 2 aliphatic heterocycles. The molecule has 0 radical (unpaired) electrons. The number of methoxy groups -OCH3 is 1. The van der Waals surface area contributed by atoms with Crippen molar-refractivity contribution in [3.05, 3.63) is 23.8 Å². The summed E-state index contributed by atoms with van der Waals surface area (Å²) in [5.41, 5.74) is 1.09. The van der Waals surface area contributed by atoms with Crippen molar-refractivity contribution in [2.45, 2.75) is 104 Å². The van der Waals surface area contributed by atoms with Crippen LogP contribution in [0.25, 0.3) is 0 Å². The van der Waals surface area contributed by atoms with Gasteiger partial charge in [0.25, 0.3) is 0 Å². The Balaban J connectivity index is 1.87. The third-order valence-corrected chi connectivity index (χ3v) is 6.89. The Morgan fingerprint density at radius 1 is 1.33 bits per heavy atom. The first-order valence-electron chi connectivity index (χ1n) is 11.5. The highest BCUT2D eigenvalue weighted by Gasteiger charge is 2.56. The SMILES string of the molecule is CCC(OC)C(C)C1OC1(C)CC(C)C=CC=C(C)C1OC(CC(=O)O)CCC1C. The fourth-order valence-electron chi connectivity index (χ4n) is 5.14. The molecule has 5 heteroatoms. The van der Waals surface area contributed by atoms with Gasteiger partial charge in [0, 0.05) is 13.0 Å². The van der Waals surface area contributed by atoms with Crippen LogP contribution in [0.5, 0.6) is 0 Å². The summed E-state index contributed by atoms with van der Waals surface area (Å²) in [5, 5.41) is 9.05. The van der Waals surface area contributed by atoms with Gasteiger partial charge in [-0.05, 0) is 56.9 Å². The third-order valence-electron chi connectivity index (χ3n) is 6.89. The summed E-state index contributed by atoms with van der Waals surface area (Å²) in [6, 6.07) is 0. The van der Waals surface area contributed by atoms with Crippen molar-refractivity contribution in [1.29, 1.82) is 0 Å². The smallest absolute Gasteiger partial charge is 0.305 e. The van der Waals surface area contributed by atoms with Crippen LogP contribution in [0.3, 0.4) is 0 Å². The van der Waals surface area contributed by atoms with E-state index in [1.54, 1.807) is 7.11 Å². The van der Waals surface area contributed by atoms with E-state index < -0.39 is 5.97 Å². The zero-order valence-corrected chi connectivity index (χ0v) is 19.9. The van der Waals surface area contributed by atoms with Crippen LogP contribution >= 0.6 is 0 Å². The molecule has 2 aliphatic rings. The van der Waals surface area contributed by atoms with Crippen molar-refractivity contribution in [2.75, 3.05) is 7.11 Å². The van der Waals surface area contributed by atoms with Gasteiger partial charge in [0.1, 0.15) is 0 Å². The van der Waals surface area contributed by atoms with Crippen molar-refractivity contribution in [3.63, 3.8) is 0 Å². The highest BCUT2D eigenvalue weighted by atomic mass is 16.6. The van der Waals surface area contributed by atoms with E-state index in [1.165, 1.54) is 0 Å². The van der Waals surface area contributed by atoms with Gasteiger partial charge in [-0.2, -0.15) is 0 Å². The second kappa shape index (κ2) is 10.9. The van der Waals surface area contributed by atoms with Crippen molar-refractivity contribution in [2.24, 2.45) is 17.8 Å². The lowest BCUT2D eigenvalue weighted by Crippen LogP contribution is -2.35. The van der Waals surface area contributed by atoms with Crippen LogP contribution in [0.2, 0.25) is 0 Å². The Morgan fingerprint density at radius 3 is 2.63 bits per heavy atom. The van der Waals surface area contributed by atoms with Crippen LogP contribution in [0.4, 0.5) is 0 Å². The average molecular weight is 423 g/mol. The molecule has 8 unspecified atom stereocenters. The third kappa shape index (κ3) is 6.66. The zero-order valence-electron chi connectivity index (χ0n) is 19.9. The Kier molecular flexibility index (Phi) is 9.13. The predicted molar refractivity (Wildman–Crippen MR) is 120 cm³/mol. The van der Waals surface area contributed by atoms with Crippen LogP contribution in [0, 0.1) is 17.8 Å². The average Bonchev–Trinajstić information content (AvgIpc) is 3.34. The summed E-state index contributed by atoms with van der Waals surface area (Å²) in [6.45, 7) is 13.1. The lowest BCUT2D eigenvalue weighted by atomic mass is 9.86. The standard InChI is InChI=1S/C25H42O5/c1-8-21(28-7)19(5)24-25(6,30-24)15-16(2)10-9-11-17(3)23-18(4)12-13-20(29-23)14-22(26)27/h9-11,16,18-21,23-24H,8,12-15H2,1-7H3,(H,26,27). The maximum absolute atomic E-state index is 11.0. The van der Waals surface area contributed by atoms with E-state index in [4.69, 9.17) is 19.3 Å². The van der Waals surface area contributed by atoms with Gasteiger partial charge in [0.15, 0.2) is 0 Å². The Morgan fingerprint density at radius 2 is 2.03 bits per heavy atom. The number of hydrogen-bond acceptors (Lipinski definition) is 4. The molecule has 172 valence electrons. The number of rotatable bonds is 11. The van der Waals surface area contributed by atoms with E-state index in [-0.39, 0.29) is 36.4 Å². The maximum atomic E-state index is 11.0. The molecule has 0 aromatic heterocycles. The van der Waals surface area contributed by atoms with Crippen molar-refractivity contribution in [1.82, 2.24) is 0 Å². The Hall–Kier alpha value is -1.17. The molecule has 5 nitrogen and oxygen atoms in total. The molecule has 8 atom stereocenters. The van der Waals surface area contributed by atoms with E-state index in [9.17, 15) is 4.79 Å². The molecule has 1 N–H and O–H groups in total. The van der Waals surface area contributed by atoms with Crippen molar-refractivity contribution in [3.8, 4) is 0 Å². The number of epoxide rings is 1. The van der Waals surface area contributed by atoms with E-state index in [2.05, 4.69) is 59.8 Å². The summed E-state index contributed by atoms with van der Waals surface area (Å²) in [5.74, 6) is 0.420. The quantitative estimate of drug-likeness (QED) is 0.357. The molecule has 0 aliphatic carbocycles. The van der Waals surface area contributed by atoms with E-state index in [0.29, 0.717) is 17.8 Å². The monoisotopic (exact) mass is 422 g/mol. The maximum Gasteiger partial charge on any atom is 0.305 e. The predicted octanol–water partition coefficient (Wildman–Crippen LogP) is 5.39. The normalized spacial score (nSPS) is 35.2. The summed E-state index contributed by atoms with van der Waals surface area (Å²) < 4.78 is 17.8. The van der Waals surface area contributed by atoms with Crippen LogP contribution in [-0.4, -0.2) is 48.2 Å². The minimum Gasteiger partial charge on any atom is -0.481 e. The molecular formula is C25H42O5. The van der Waals surface area contributed by atoms with E-state index in [0.717, 1.165) is 31.3 Å². The van der Waals surface area contributed by atoms with Gasteiger partial charge in [-0.25, -0.2) is 0 Å². The van der Waals surface area contributed by atoms with Crippen molar-refractivity contribution >= 4 is 5.97 Å². The number of allylic oxidation sites excluding steroid dienone is 3. The molecule has 0 bridgehead atoms. The molecule has 0 spiro atoms. The highest BCUT2D eigenvalue weighted by Crippen LogP contribution is 2.47. The minimum atomic E-state index is -0.789. The minimum absolute atomic E-state index is 0.00223. The van der Waals surface area contributed by atoms with E-state index in [1.807, 2.05) is 0 Å². The summed E-state index contributed by atoms with van der Waals surface area (Å²) >= 11 is 0. The first-order chi connectivity index (χ1) is 14.1. The Labute approximate surface area is 182 Å². The van der Waals surface area contributed by atoms with Gasteiger partial charge < -0.3 is 19.3 Å². The zero-order chi connectivity index (χ0) is 22.5. The van der Waals surface area contributed by atoms with Crippen molar-refractivity contribution < 1.29 is 24.1 Å². The van der Waals surface area contributed by atoms with Gasteiger partial charge in [-0.1, -0.05) is 45.9 Å². The molecule has 2 saturated heterocycles. The summed E-state index contributed by atoms with van der Waals surface area (Å²) in [4.78, 5) is 11.0. The molecule has 30 heavy (non-hydrogen) atoms. The Bertz CT molecular complexity index is 623. The second-order valence-electron chi connectivity index (χ2n) is 9.70. The number of ether oxygens (including phenoxy) is 3.